The molecule has 0 radical (unpaired) electrons. The van der Waals surface area contributed by atoms with Gasteiger partial charge in [0, 0.05) is 24.5 Å². The van der Waals surface area contributed by atoms with E-state index in [-0.39, 0.29) is 0 Å². The molecule has 2 unspecified atom stereocenters. The molecule has 1 saturated carbocycles. The van der Waals surface area contributed by atoms with Crippen molar-refractivity contribution in [3.63, 3.8) is 0 Å². The van der Waals surface area contributed by atoms with Crippen LogP contribution in [-0.4, -0.2) is 22.4 Å². The van der Waals surface area contributed by atoms with E-state index in [1.807, 2.05) is 0 Å². The van der Waals surface area contributed by atoms with E-state index in [4.69, 9.17) is 0 Å². The van der Waals surface area contributed by atoms with E-state index in [0.717, 1.165) is 18.8 Å². The molecule has 1 aliphatic carbocycles. The Balaban J connectivity index is 2.01. The Hall–Kier alpha value is -1.19. The first-order chi connectivity index (χ1) is 8.14. The predicted molar refractivity (Wildman–Crippen MR) is 70.5 cm³/mol. The summed E-state index contributed by atoms with van der Waals surface area (Å²) in [5, 5.41) is 11.9. The van der Waals surface area contributed by atoms with Crippen LogP contribution in [0.2, 0.25) is 0 Å². The molecule has 1 aromatic rings. The lowest BCUT2D eigenvalue weighted by Crippen LogP contribution is -2.37. The first-order valence-electron chi connectivity index (χ1n) is 6.72. The minimum absolute atomic E-state index is 0.393. The van der Waals surface area contributed by atoms with Crippen LogP contribution in [-0.2, 0) is 6.54 Å². The lowest BCUT2D eigenvalue weighted by atomic mass is 9.85. The average molecular weight is 234 g/mol. The maximum Gasteiger partial charge on any atom is 0.148 e. The van der Waals surface area contributed by atoms with Gasteiger partial charge in [-0.1, -0.05) is 13.3 Å². The summed E-state index contributed by atoms with van der Waals surface area (Å²) < 4.78 is 2.09. The first-order valence-corrected chi connectivity index (χ1v) is 6.72. The van der Waals surface area contributed by atoms with Crippen molar-refractivity contribution in [3.8, 4) is 0 Å². The Labute approximate surface area is 103 Å². The number of fused-ring (bicyclic) bond motifs is 2. The first kappa shape index (κ1) is 10.9. The molecule has 2 heterocycles. The molecule has 94 valence electrons. The highest BCUT2D eigenvalue weighted by Crippen LogP contribution is 2.43. The summed E-state index contributed by atoms with van der Waals surface area (Å²) in [6.45, 7) is 8.62. The number of aryl methyl sites for hydroxylation is 2. The highest BCUT2D eigenvalue weighted by Gasteiger charge is 2.41. The van der Waals surface area contributed by atoms with Gasteiger partial charge in [0.2, 0.25) is 0 Å². The van der Waals surface area contributed by atoms with Crippen LogP contribution in [0.3, 0.4) is 0 Å². The molecule has 0 saturated heterocycles. The van der Waals surface area contributed by atoms with Crippen LogP contribution in [0, 0.1) is 12.3 Å². The van der Waals surface area contributed by atoms with Crippen LogP contribution in [0.25, 0.3) is 0 Å². The summed E-state index contributed by atoms with van der Waals surface area (Å²) >= 11 is 0. The van der Waals surface area contributed by atoms with Crippen LogP contribution in [0.15, 0.2) is 0 Å². The molecular weight excluding hydrogens is 212 g/mol. The van der Waals surface area contributed by atoms with Crippen molar-refractivity contribution in [2.75, 3.05) is 17.2 Å². The van der Waals surface area contributed by atoms with Crippen molar-refractivity contribution in [1.82, 2.24) is 9.78 Å². The minimum atomic E-state index is 0.393. The van der Waals surface area contributed by atoms with Crippen LogP contribution in [0.1, 0.15) is 38.8 Å². The minimum Gasteiger partial charge on any atom is -0.380 e. The molecule has 4 nitrogen and oxygen atoms in total. The zero-order valence-electron chi connectivity index (χ0n) is 11.0. The van der Waals surface area contributed by atoms with Gasteiger partial charge in [-0.2, -0.15) is 5.10 Å². The van der Waals surface area contributed by atoms with E-state index < -0.39 is 0 Å². The van der Waals surface area contributed by atoms with Gasteiger partial charge in [-0.3, -0.25) is 0 Å². The third-order valence-electron chi connectivity index (χ3n) is 4.49. The second-order valence-corrected chi connectivity index (χ2v) is 5.72. The van der Waals surface area contributed by atoms with Crippen molar-refractivity contribution < 1.29 is 0 Å². The quantitative estimate of drug-likeness (QED) is 0.785. The number of nitrogens with one attached hydrogen (secondary N) is 2. The Bertz CT molecular complexity index is 437. The van der Waals surface area contributed by atoms with Crippen molar-refractivity contribution in [1.29, 1.82) is 0 Å². The molecule has 2 N–H and O–H groups in total. The zero-order chi connectivity index (χ0) is 12.0. The summed E-state index contributed by atoms with van der Waals surface area (Å²) in [6.07, 6.45) is 3.94. The molecule has 0 bridgehead atoms. The number of nitrogens with zero attached hydrogens (tertiary/aromatic N) is 2. The lowest BCUT2D eigenvalue weighted by molar-refractivity contribution is 0.334. The van der Waals surface area contributed by atoms with Crippen LogP contribution in [0.5, 0.6) is 0 Å². The predicted octanol–water partition coefficient (Wildman–Crippen LogP) is 2.61. The van der Waals surface area contributed by atoms with Crippen molar-refractivity contribution in [2.45, 2.75) is 52.6 Å². The average Bonchev–Trinajstić information content (AvgIpc) is 2.76. The smallest absolute Gasteiger partial charge is 0.148 e. The Morgan fingerprint density at radius 1 is 1.53 bits per heavy atom. The molecule has 3 rings (SSSR count). The topological polar surface area (TPSA) is 41.9 Å². The molecule has 0 aromatic carbocycles. The maximum atomic E-state index is 4.58. The molecule has 1 aromatic heterocycles. The fourth-order valence-corrected chi connectivity index (χ4v) is 3.31. The molecule has 0 spiro atoms. The van der Waals surface area contributed by atoms with E-state index >= 15 is 0 Å². The zero-order valence-corrected chi connectivity index (χ0v) is 11.0. The molecule has 1 fully saturated rings. The van der Waals surface area contributed by atoms with Crippen molar-refractivity contribution in [3.05, 3.63) is 5.69 Å². The lowest BCUT2D eigenvalue weighted by Gasteiger charge is -2.30. The van der Waals surface area contributed by atoms with Crippen LogP contribution >= 0.6 is 0 Å². The Morgan fingerprint density at radius 3 is 3.12 bits per heavy atom. The van der Waals surface area contributed by atoms with Gasteiger partial charge < -0.3 is 10.6 Å². The molecule has 1 aliphatic heterocycles. The second kappa shape index (κ2) is 3.65. The van der Waals surface area contributed by atoms with E-state index in [1.54, 1.807) is 0 Å². The van der Waals surface area contributed by atoms with Gasteiger partial charge in [0.15, 0.2) is 0 Å². The summed E-state index contributed by atoms with van der Waals surface area (Å²) in [4.78, 5) is 0. The fraction of sp³-hybridized carbons (Fsp3) is 0.769. The van der Waals surface area contributed by atoms with Gasteiger partial charge in [-0.05, 0) is 26.7 Å². The van der Waals surface area contributed by atoms with Gasteiger partial charge >= 0.3 is 0 Å². The molecule has 17 heavy (non-hydrogen) atoms. The van der Waals surface area contributed by atoms with E-state index in [9.17, 15) is 0 Å². The van der Waals surface area contributed by atoms with Crippen LogP contribution < -0.4 is 10.6 Å². The second-order valence-electron chi connectivity index (χ2n) is 5.72. The van der Waals surface area contributed by atoms with Gasteiger partial charge in [0.25, 0.3) is 0 Å². The standard InChI is InChI=1S/C13H22N4/c1-4-17-12-11(9(2)16-17)14-8-13(3)7-5-6-10(13)15-12/h10,14-15H,4-8H2,1-3H3. The maximum absolute atomic E-state index is 4.58. The highest BCUT2D eigenvalue weighted by molar-refractivity contribution is 5.69. The number of aromatic nitrogens is 2. The van der Waals surface area contributed by atoms with E-state index in [2.05, 4.69) is 41.2 Å². The summed E-state index contributed by atoms with van der Waals surface area (Å²) in [5.41, 5.74) is 2.71. The third kappa shape index (κ3) is 1.53. The molecule has 2 atom stereocenters. The monoisotopic (exact) mass is 234 g/mol. The SMILES string of the molecule is CCn1nc(C)c2c1NC1CCCC1(C)CN2. The third-order valence-corrected chi connectivity index (χ3v) is 4.49. The summed E-state index contributed by atoms with van der Waals surface area (Å²) in [6, 6.07) is 0.595. The molecule has 0 amide bonds. The van der Waals surface area contributed by atoms with Crippen LogP contribution in [0.4, 0.5) is 11.5 Å². The Kier molecular flexibility index (Phi) is 2.35. The van der Waals surface area contributed by atoms with Crippen molar-refractivity contribution >= 4 is 11.5 Å². The van der Waals surface area contributed by atoms with E-state index in [1.165, 1.54) is 30.8 Å². The van der Waals surface area contributed by atoms with Crippen molar-refractivity contribution in [2.24, 2.45) is 5.41 Å². The summed E-state index contributed by atoms with van der Waals surface area (Å²) in [5.74, 6) is 1.20. The molecule has 2 aliphatic rings. The molecular formula is C13H22N4. The van der Waals surface area contributed by atoms with Gasteiger partial charge in [-0.15, -0.1) is 0 Å². The van der Waals surface area contributed by atoms with E-state index in [0.29, 0.717) is 11.5 Å². The number of rotatable bonds is 1. The number of hydrogen-bond donors (Lipinski definition) is 2. The number of hydrogen-bond acceptors (Lipinski definition) is 3. The summed E-state index contributed by atoms with van der Waals surface area (Å²) in [7, 11) is 0. The Morgan fingerprint density at radius 2 is 2.35 bits per heavy atom. The van der Waals surface area contributed by atoms with Gasteiger partial charge in [-0.25, -0.2) is 4.68 Å². The highest BCUT2D eigenvalue weighted by atomic mass is 15.4. The molecule has 4 heteroatoms. The van der Waals surface area contributed by atoms with Gasteiger partial charge in [0.05, 0.1) is 5.69 Å². The van der Waals surface area contributed by atoms with Gasteiger partial charge in [0.1, 0.15) is 11.5 Å². The largest absolute Gasteiger partial charge is 0.380 e. The number of anilines is 2. The normalized spacial score (nSPS) is 31.1. The fourth-order valence-electron chi connectivity index (χ4n) is 3.31.